The van der Waals surface area contributed by atoms with E-state index in [2.05, 4.69) is 20.4 Å². The topological polar surface area (TPSA) is 153 Å². The third-order valence-electron chi connectivity index (χ3n) is 5.53. The zero-order valence-electron chi connectivity index (χ0n) is 17.6. The Morgan fingerprint density at radius 1 is 1.18 bits per heavy atom. The van der Waals surface area contributed by atoms with E-state index in [1.165, 1.54) is 29.1 Å². The van der Waals surface area contributed by atoms with Crippen LogP contribution in [0.2, 0.25) is 10.0 Å². The number of rotatable bonds is 4. The van der Waals surface area contributed by atoms with Crippen LogP contribution in [0.1, 0.15) is 6.23 Å². The zero-order chi connectivity index (χ0) is 24.1. The van der Waals surface area contributed by atoms with E-state index in [0.29, 0.717) is 38.0 Å². The van der Waals surface area contributed by atoms with Crippen molar-refractivity contribution < 1.29 is 19.7 Å². The van der Waals surface area contributed by atoms with Gasteiger partial charge in [0.2, 0.25) is 0 Å². The molecule has 0 saturated carbocycles. The average Bonchev–Trinajstić information content (AvgIpc) is 3.44. The molecule has 1 aromatic carbocycles. The molecule has 13 heteroatoms. The molecule has 176 valence electrons. The van der Waals surface area contributed by atoms with Gasteiger partial charge < -0.3 is 30.6 Å². The van der Waals surface area contributed by atoms with Crippen molar-refractivity contribution in [1.82, 2.24) is 24.3 Å². The number of aryl methyl sites for hydroxylation is 1. The van der Waals surface area contributed by atoms with E-state index in [1.807, 2.05) is 0 Å². The summed E-state index contributed by atoms with van der Waals surface area (Å²) in [4.78, 5) is 21.2. The van der Waals surface area contributed by atoms with E-state index < -0.39 is 30.4 Å². The normalized spacial score (nSPS) is 22.4. The molecule has 4 aromatic rings. The maximum absolute atomic E-state index is 12.9. The fourth-order valence-corrected chi connectivity index (χ4v) is 4.53. The number of hydrogen-bond donors (Lipinski definition) is 4. The molecule has 1 fully saturated rings. The quantitative estimate of drug-likeness (QED) is 0.329. The van der Waals surface area contributed by atoms with Gasteiger partial charge in [0.25, 0.3) is 5.91 Å². The van der Waals surface area contributed by atoms with Crippen molar-refractivity contribution in [3.05, 3.63) is 53.0 Å². The van der Waals surface area contributed by atoms with Crippen LogP contribution in [0.15, 0.2) is 43.0 Å². The van der Waals surface area contributed by atoms with Gasteiger partial charge in [0.15, 0.2) is 12.3 Å². The smallest absolute Gasteiger partial charge is 0.256 e. The van der Waals surface area contributed by atoms with Gasteiger partial charge in [-0.15, -0.1) is 0 Å². The minimum absolute atomic E-state index is 0.213. The van der Waals surface area contributed by atoms with Crippen LogP contribution in [-0.4, -0.2) is 58.7 Å². The molecule has 0 radical (unpaired) electrons. The van der Waals surface area contributed by atoms with Crippen molar-refractivity contribution in [2.24, 2.45) is 7.05 Å². The van der Waals surface area contributed by atoms with Crippen molar-refractivity contribution in [2.45, 2.75) is 24.5 Å². The molecular weight excluding hydrogens is 485 g/mol. The number of amides is 1. The second kappa shape index (κ2) is 8.53. The minimum atomic E-state index is -1.52. The second-order valence-corrected chi connectivity index (χ2v) is 8.73. The Hall–Kier alpha value is -3.22. The molecule has 4 atom stereocenters. The van der Waals surface area contributed by atoms with Crippen molar-refractivity contribution in [3.8, 4) is 11.3 Å². The molecule has 1 aliphatic rings. The third-order valence-corrected chi connectivity index (χ3v) is 5.97. The molecule has 4 heterocycles. The number of nitrogen functional groups attached to an aromatic ring is 1. The van der Waals surface area contributed by atoms with Gasteiger partial charge in [-0.2, -0.15) is 5.10 Å². The first kappa shape index (κ1) is 22.6. The van der Waals surface area contributed by atoms with E-state index in [-0.39, 0.29) is 5.82 Å². The van der Waals surface area contributed by atoms with E-state index in [4.69, 9.17) is 33.7 Å². The molecule has 0 unspecified atom stereocenters. The molecule has 1 aliphatic heterocycles. The predicted molar refractivity (Wildman–Crippen MR) is 125 cm³/mol. The summed E-state index contributed by atoms with van der Waals surface area (Å²) in [5.41, 5.74) is 8.01. The van der Waals surface area contributed by atoms with Crippen LogP contribution in [0.25, 0.3) is 22.3 Å². The zero-order valence-corrected chi connectivity index (χ0v) is 19.1. The second-order valence-electron chi connectivity index (χ2n) is 7.86. The number of anilines is 2. The van der Waals surface area contributed by atoms with Gasteiger partial charge in [0.05, 0.1) is 11.1 Å². The third kappa shape index (κ3) is 3.87. The Bertz CT molecular complexity index is 1390. The predicted octanol–water partition coefficient (Wildman–Crippen LogP) is 1.98. The molecule has 1 amide bonds. The fraction of sp³-hybridized carbons (Fsp3) is 0.238. The van der Waals surface area contributed by atoms with Crippen LogP contribution in [-0.2, 0) is 16.6 Å². The molecule has 0 aliphatic carbocycles. The number of carbonyl (C=O) groups is 1. The lowest BCUT2D eigenvalue weighted by Crippen LogP contribution is -2.39. The first-order valence-corrected chi connectivity index (χ1v) is 10.9. The number of halogens is 2. The Kier molecular flexibility index (Phi) is 5.66. The largest absolute Gasteiger partial charge is 0.387 e. The number of nitrogens with zero attached hydrogens (tertiary/aromatic N) is 5. The SMILES string of the molecule is Cn1ccc(-c2cn([C@@H]3O[C@H](C(=O)Nc4cc(Cl)cc(Cl)c4)[C@@H](O)[C@H]3O)c3ncnc(N)c23)n1. The maximum atomic E-state index is 12.9. The lowest BCUT2D eigenvalue weighted by atomic mass is 10.1. The van der Waals surface area contributed by atoms with Crippen molar-refractivity contribution in [1.29, 1.82) is 0 Å². The number of ether oxygens (including phenoxy) is 1. The van der Waals surface area contributed by atoms with Gasteiger partial charge in [-0.25, -0.2) is 9.97 Å². The van der Waals surface area contributed by atoms with E-state index in [0.717, 1.165) is 0 Å². The average molecular weight is 504 g/mol. The van der Waals surface area contributed by atoms with Gasteiger partial charge in [-0.05, 0) is 24.3 Å². The molecule has 0 spiro atoms. The molecule has 5 rings (SSSR count). The fourth-order valence-electron chi connectivity index (χ4n) is 4.00. The molecule has 3 aromatic heterocycles. The summed E-state index contributed by atoms with van der Waals surface area (Å²) in [6.45, 7) is 0. The van der Waals surface area contributed by atoms with Gasteiger partial charge in [-0.3, -0.25) is 9.48 Å². The maximum Gasteiger partial charge on any atom is 0.256 e. The monoisotopic (exact) mass is 503 g/mol. The Labute approximate surface area is 202 Å². The summed E-state index contributed by atoms with van der Waals surface area (Å²) in [5.74, 6) is -0.465. The number of aromatic nitrogens is 5. The Morgan fingerprint density at radius 3 is 2.59 bits per heavy atom. The van der Waals surface area contributed by atoms with E-state index in [1.54, 1.807) is 30.2 Å². The van der Waals surface area contributed by atoms with Crippen molar-refractivity contribution in [3.63, 3.8) is 0 Å². The summed E-state index contributed by atoms with van der Waals surface area (Å²) in [5, 5.41) is 29.6. The molecule has 1 saturated heterocycles. The lowest BCUT2D eigenvalue weighted by Gasteiger charge is -2.17. The number of benzene rings is 1. The number of aliphatic hydroxyl groups excluding tert-OH is 2. The molecule has 0 bridgehead atoms. The van der Waals surface area contributed by atoms with Crippen LogP contribution in [0.3, 0.4) is 0 Å². The van der Waals surface area contributed by atoms with Crippen LogP contribution < -0.4 is 11.1 Å². The summed E-state index contributed by atoms with van der Waals surface area (Å²) in [6, 6.07) is 6.31. The van der Waals surface area contributed by atoms with Crippen LogP contribution in [0, 0.1) is 0 Å². The van der Waals surface area contributed by atoms with E-state index in [9.17, 15) is 15.0 Å². The number of nitrogens with two attached hydrogens (primary N) is 1. The highest BCUT2D eigenvalue weighted by molar-refractivity contribution is 6.35. The number of carbonyl (C=O) groups excluding carboxylic acids is 1. The highest BCUT2D eigenvalue weighted by atomic mass is 35.5. The standard InChI is InChI=1S/C21H19Cl2N7O4/c1-29-3-2-13(28-29)12-7-30(19-14(12)18(24)25-8-26-19)21-16(32)15(31)17(34-21)20(33)27-11-5-9(22)4-10(23)6-11/h2-8,15-17,21,31-32H,1H3,(H,27,33)(H2,24,25,26)/t15-,16+,17-,21+/m0/s1. The van der Waals surface area contributed by atoms with Crippen LogP contribution in [0.4, 0.5) is 11.5 Å². The lowest BCUT2D eigenvalue weighted by molar-refractivity contribution is -0.132. The number of nitrogens with one attached hydrogen (secondary N) is 1. The van der Waals surface area contributed by atoms with Crippen molar-refractivity contribution in [2.75, 3.05) is 11.1 Å². The highest BCUT2D eigenvalue weighted by Gasteiger charge is 2.48. The van der Waals surface area contributed by atoms with Gasteiger partial charge in [0, 0.05) is 40.7 Å². The first-order valence-electron chi connectivity index (χ1n) is 10.1. The summed E-state index contributed by atoms with van der Waals surface area (Å²) >= 11 is 12.0. The van der Waals surface area contributed by atoms with E-state index >= 15 is 0 Å². The van der Waals surface area contributed by atoms with Gasteiger partial charge in [-0.1, -0.05) is 23.2 Å². The Morgan fingerprint density at radius 2 is 1.91 bits per heavy atom. The molecule has 5 N–H and O–H groups in total. The number of aliphatic hydroxyl groups is 2. The molecule has 34 heavy (non-hydrogen) atoms. The number of hydrogen-bond acceptors (Lipinski definition) is 8. The van der Waals surface area contributed by atoms with Gasteiger partial charge >= 0.3 is 0 Å². The molecular formula is C21H19Cl2N7O4. The Balaban J connectivity index is 1.49. The summed E-state index contributed by atoms with van der Waals surface area (Å²) in [7, 11) is 1.78. The minimum Gasteiger partial charge on any atom is -0.387 e. The van der Waals surface area contributed by atoms with Crippen LogP contribution in [0.5, 0.6) is 0 Å². The first-order chi connectivity index (χ1) is 16.2. The molecule has 11 nitrogen and oxygen atoms in total. The van der Waals surface area contributed by atoms with Crippen molar-refractivity contribution >= 4 is 51.6 Å². The number of fused-ring (bicyclic) bond motifs is 1. The summed E-state index contributed by atoms with van der Waals surface area (Å²) < 4.78 is 8.97. The summed E-state index contributed by atoms with van der Waals surface area (Å²) in [6.07, 6.45) is -0.782. The van der Waals surface area contributed by atoms with Crippen LogP contribution >= 0.6 is 23.2 Å². The highest BCUT2D eigenvalue weighted by Crippen LogP contribution is 2.38. The van der Waals surface area contributed by atoms with Gasteiger partial charge in [0.1, 0.15) is 30.0 Å².